The Kier molecular flexibility index (Phi) is 5.62. The molecule has 3 aromatic carbocycles. The first-order chi connectivity index (χ1) is 16.0. The molecule has 5 rings (SSSR count). The van der Waals surface area contributed by atoms with Crippen molar-refractivity contribution in [2.45, 2.75) is 13.0 Å². The van der Waals surface area contributed by atoms with Crippen LogP contribution in [0.1, 0.15) is 33.1 Å². The predicted molar refractivity (Wildman–Crippen MR) is 132 cm³/mol. The van der Waals surface area contributed by atoms with Crippen molar-refractivity contribution in [1.82, 2.24) is 14.8 Å². The second-order valence-electron chi connectivity index (χ2n) is 7.74. The molecule has 2 N–H and O–H groups in total. The number of amides is 1. The average Bonchev–Trinajstić information content (AvgIpc) is 3.22. The van der Waals surface area contributed by atoms with E-state index >= 15 is 0 Å². The number of halogens is 2. The van der Waals surface area contributed by atoms with E-state index in [9.17, 15) is 4.79 Å². The molecule has 0 aliphatic carbocycles. The van der Waals surface area contributed by atoms with Gasteiger partial charge in [-0.3, -0.25) is 10.1 Å². The highest BCUT2D eigenvalue weighted by Crippen LogP contribution is 2.34. The topological polar surface area (TPSA) is 71.8 Å². The highest BCUT2D eigenvalue weighted by Gasteiger charge is 2.26. The molecule has 1 atom stereocenters. The lowest BCUT2D eigenvalue weighted by molar-refractivity contribution is 0.102. The van der Waals surface area contributed by atoms with Crippen molar-refractivity contribution in [3.05, 3.63) is 111 Å². The van der Waals surface area contributed by atoms with Gasteiger partial charge in [-0.1, -0.05) is 65.2 Å². The monoisotopic (exact) mass is 475 g/mol. The summed E-state index contributed by atoms with van der Waals surface area (Å²) in [4.78, 5) is 17.3. The molecule has 0 radical (unpaired) electrons. The van der Waals surface area contributed by atoms with Crippen molar-refractivity contribution in [2.24, 2.45) is 0 Å². The Bertz CT molecular complexity index is 1360. The van der Waals surface area contributed by atoms with Gasteiger partial charge in [-0.15, -0.1) is 5.10 Å². The van der Waals surface area contributed by atoms with Crippen LogP contribution in [-0.4, -0.2) is 20.7 Å². The van der Waals surface area contributed by atoms with Crippen LogP contribution in [0.25, 0.3) is 5.70 Å². The molecule has 0 fully saturated rings. The zero-order valence-electron chi connectivity index (χ0n) is 17.6. The smallest absolute Gasteiger partial charge is 0.258 e. The summed E-state index contributed by atoms with van der Waals surface area (Å²) in [5.74, 6) is 0.464. The maximum Gasteiger partial charge on any atom is 0.258 e. The third kappa shape index (κ3) is 4.49. The third-order valence-electron chi connectivity index (χ3n) is 5.34. The predicted octanol–water partition coefficient (Wildman–Crippen LogP) is 6.20. The van der Waals surface area contributed by atoms with Crippen LogP contribution in [0.4, 0.5) is 11.9 Å². The minimum Gasteiger partial charge on any atom is -0.324 e. The molecule has 0 saturated carbocycles. The molecule has 8 heteroatoms. The van der Waals surface area contributed by atoms with E-state index in [0.717, 1.165) is 22.4 Å². The summed E-state index contributed by atoms with van der Waals surface area (Å²) >= 11 is 12.2. The van der Waals surface area contributed by atoms with Crippen molar-refractivity contribution in [1.29, 1.82) is 0 Å². The quantitative estimate of drug-likeness (QED) is 0.368. The van der Waals surface area contributed by atoms with E-state index < -0.39 is 0 Å². The van der Waals surface area contributed by atoms with E-state index in [1.807, 2.05) is 73.7 Å². The van der Waals surface area contributed by atoms with Crippen molar-refractivity contribution in [2.75, 3.05) is 10.6 Å². The minimum absolute atomic E-state index is 0.216. The van der Waals surface area contributed by atoms with Crippen molar-refractivity contribution >= 4 is 46.7 Å². The van der Waals surface area contributed by atoms with E-state index in [-0.39, 0.29) is 17.9 Å². The Hall–Kier alpha value is -3.61. The van der Waals surface area contributed by atoms with Crippen molar-refractivity contribution in [3.63, 3.8) is 0 Å². The van der Waals surface area contributed by atoms with Crippen LogP contribution in [0.3, 0.4) is 0 Å². The summed E-state index contributed by atoms with van der Waals surface area (Å²) in [5, 5.41) is 12.0. The Balaban J connectivity index is 1.51. The first kappa shape index (κ1) is 21.2. The van der Waals surface area contributed by atoms with E-state index in [1.54, 1.807) is 10.7 Å². The van der Waals surface area contributed by atoms with E-state index in [0.29, 0.717) is 21.6 Å². The fourth-order valence-electron chi connectivity index (χ4n) is 3.70. The summed E-state index contributed by atoms with van der Waals surface area (Å²) in [6.45, 7) is 1.94. The molecule has 1 aromatic heterocycles. The van der Waals surface area contributed by atoms with Crippen LogP contribution in [-0.2, 0) is 0 Å². The molecule has 0 unspecified atom stereocenters. The Morgan fingerprint density at radius 1 is 1.00 bits per heavy atom. The maximum absolute atomic E-state index is 12.7. The fraction of sp³-hybridized carbons (Fsp3) is 0.0800. The highest BCUT2D eigenvalue weighted by atomic mass is 35.5. The highest BCUT2D eigenvalue weighted by molar-refractivity contribution is 6.30. The number of benzene rings is 3. The summed E-state index contributed by atoms with van der Waals surface area (Å²) < 4.78 is 1.74. The number of hydrogen-bond donors (Lipinski definition) is 2. The number of aromatic nitrogens is 3. The Morgan fingerprint density at radius 3 is 2.39 bits per heavy atom. The second-order valence-corrected chi connectivity index (χ2v) is 8.61. The van der Waals surface area contributed by atoms with Crippen LogP contribution in [0.5, 0.6) is 0 Å². The van der Waals surface area contributed by atoms with Gasteiger partial charge in [-0.2, -0.15) is 4.98 Å². The molecular formula is C25H19Cl2N5O. The normalized spacial score (nSPS) is 14.8. The maximum atomic E-state index is 12.7. The Morgan fingerprint density at radius 2 is 1.70 bits per heavy atom. The van der Waals surface area contributed by atoms with Gasteiger partial charge in [-0.25, -0.2) is 4.68 Å². The Labute approximate surface area is 200 Å². The van der Waals surface area contributed by atoms with Crippen LogP contribution in [0.15, 0.2) is 78.9 Å². The average molecular weight is 476 g/mol. The molecule has 1 aliphatic rings. The zero-order valence-corrected chi connectivity index (χ0v) is 19.1. The van der Waals surface area contributed by atoms with Crippen LogP contribution >= 0.6 is 23.2 Å². The molecular weight excluding hydrogens is 457 g/mol. The van der Waals surface area contributed by atoms with Gasteiger partial charge in [0.1, 0.15) is 6.04 Å². The number of rotatable bonds is 4. The minimum atomic E-state index is -0.268. The van der Waals surface area contributed by atoms with Gasteiger partial charge in [-0.05, 0) is 60.5 Å². The molecule has 33 heavy (non-hydrogen) atoms. The van der Waals surface area contributed by atoms with Gasteiger partial charge in [0.2, 0.25) is 5.95 Å². The number of aryl methyl sites for hydroxylation is 1. The molecule has 0 spiro atoms. The van der Waals surface area contributed by atoms with Crippen LogP contribution in [0, 0.1) is 6.92 Å². The zero-order chi connectivity index (χ0) is 22.9. The number of allylic oxidation sites excluding steroid dienone is 1. The number of anilines is 2. The van der Waals surface area contributed by atoms with Gasteiger partial charge >= 0.3 is 0 Å². The summed E-state index contributed by atoms with van der Waals surface area (Å²) in [5.41, 5.74) is 4.35. The number of carbonyl (C=O) groups is 1. The lowest BCUT2D eigenvalue weighted by atomic mass is 10.0. The van der Waals surface area contributed by atoms with Gasteiger partial charge in [0.05, 0.1) is 0 Å². The molecule has 0 bridgehead atoms. The number of hydrogen-bond acceptors (Lipinski definition) is 4. The first-order valence-electron chi connectivity index (χ1n) is 10.3. The van der Waals surface area contributed by atoms with E-state index in [2.05, 4.69) is 26.8 Å². The summed E-state index contributed by atoms with van der Waals surface area (Å²) in [6.07, 6.45) is 2.06. The molecule has 164 valence electrons. The summed E-state index contributed by atoms with van der Waals surface area (Å²) in [6, 6.07) is 22.2. The summed E-state index contributed by atoms with van der Waals surface area (Å²) in [7, 11) is 0. The first-order valence-corrected chi connectivity index (χ1v) is 11.1. The third-order valence-corrected chi connectivity index (χ3v) is 5.84. The molecule has 2 heterocycles. The SMILES string of the molecule is Cc1cccc(C(=O)Nc2nc3n(n2)[C@H](c2ccc(Cl)cc2)C=C(c2ccc(Cl)cc2)N3)c1. The molecule has 4 aromatic rings. The number of nitrogens with zero attached hydrogens (tertiary/aromatic N) is 3. The van der Waals surface area contributed by atoms with Crippen LogP contribution < -0.4 is 10.6 Å². The number of carbonyl (C=O) groups excluding carboxylic acids is 1. The van der Waals surface area contributed by atoms with Crippen molar-refractivity contribution in [3.8, 4) is 0 Å². The van der Waals surface area contributed by atoms with E-state index in [1.165, 1.54) is 0 Å². The number of nitrogens with one attached hydrogen (secondary N) is 2. The van der Waals surface area contributed by atoms with Gasteiger partial charge < -0.3 is 5.32 Å². The molecule has 1 amide bonds. The molecule has 1 aliphatic heterocycles. The molecule has 6 nitrogen and oxygen atoms in total. The van der Waals surface area contributed by atoms with Crippen LogP contribution in [0.2, 0.25) is 10.0 Å². The van der Waals surface area contributed by atoms with Crippen molar-refractivity contribution < 1.29 is 4.79 Å². The standard InChI is InChI=1S/C25H19Cl2N5O/c1-15-3-2-4-18(13-15)23(33)29-24-30-25-28-21(16-5-9-19(26)10-6-16)14-22(32(25)31-24)17-7-11-20(27)12-8-17/h2-14,22H,1H3,(H2,28,29,30,31,33)/t22-/m0/s1. The van der Waals surface area contributed by atoms with Gasteiger partial charge in [0, 0.05) is 21.3 Å². The lowest BCUT2D eigenvalue weighted by Crippen LogP contribution is -2.20. The second kappa shape index (κ2) is 8.73. The fourth-order valence-corrected chi connectivity index (χ4v) is 3.95. The number of fused-ring (bicyclic) bond motifs is 1. The van der Waals surface area contributed by atoms with Gasteiger partial charge in [0.15, 0.2) is 0 Å². The largest absolute Gasteiger partial charge is 0.324 e. The molecule has 0 saturated heterocycles. The van der Waals surface area contributed by atoms with E-state index in [4.69, 9.17) is 23.2 Å². The van der Waals surface area contributed by atoms with Gasteiger partial charge in [0.25, 0.3) is 11.9 Å². The lowest BCUT2D eigenvalue weighted by Gasteiger charge is -2.24.